The molecule has 0 radical (unpaired) electrons. The van der Waals surface area contributed by atoms with Gasteiger partial charge in [0.25, 0.3) is 0 Å². The van der Waals surface area contributed by atoms with Crippen molar-refractivity contribution in [1.29, 1.82) is 0 Å². The highest BCUT2D eigenvalue weighted by molar-refractivity contribution is 5.77. The summed E-state index contributed by atoms with van der Waals surface area (Å²) in [4.78, 5) is 27.9. The van der Waals surface area contributed by atoms with Crippen molar-refractivity contribution in [1.82, 2.24) is 9.80 Å². The first-order chi connectivity index (χ1) is 9.89. The summed E-state index contributed by atoms with van der Waals surface area (Å²) >= 11 is 0. The molecule has 5 heteroatoms. The molecule has 0 bridgehead atoms. The molecule has 21 heavy (non-hydrogen) atoms. The number of carbonyl (C=O) groups excluding carboxylic acids is 2. The van der Waals surface area contributed by atoms with E-state index in [1.165, 1.54) is 0 Å². The summed E-state index contributed by atoms with van der Waals surface area (Å²) in [5.41, 5.74) is 5.73. The number of nitrogens with two attached hydrogens (primary N) is 1. The van der Waals surface area contributed by atoms with Crippen LogP contribution in [0.1, 0.15) is 52.9 Å². The maximum Gasteiger partial charge on any atom is 0.222 e. The molecule has 0 aromatic carbocycles. The molecule has 0 aromatic heterocycles. The molecule has 1 aliphatic heterocycles. The fourth-order valence-electron chi connectivity index (χ4n) is 2.76. The van der Waals surface area contributed by atoms with E-state index >= 15 is 0 Å². The van der Waals surface area contributed by atoms with Crippen LogP contribution in [0, 0.1) is 5.41 Å². The van der Waals surface area contributed by atoms with Gasteiger partial charge in [0.05, 0.1) is 0 Å². The zero-order valence-corrected chi connectivity index (χ0v) is 13.9. The van der Waals surface area contributed by atoms with E-state index in [1.807, 2.05) is 16.7 Å². The Hall–Kier alpha value is -1.10. The highest BCUT2D eigenvalue weighted by Crippen LogP contribution is 2.26. The van der Waals surface area contributed by atoms with E-state index in [2.05, 4.69) is 13.8 Å². The van der Waals surface area contributed by atoms with E-state index in [4.69, 9.17) is 5.73 Å². The molecule has 1 rings (SSSR count). The van der Waals surface area contributed by atoms with Gasteiger partial charge < -0.3 is 15.5 Å². The number of hydrogen-bond acceptors (Lipinski definition) is 3. The van der Waals surface area contributed by atoms with E-state index in [0.717, 1.165) is 32.4 Å². The van der Waals surface area contributed by atoms with Gasteiger partial charge in [-0.05, 0) is 31.2 Å². The van der Waals surface area contributed by atoms with Gasteiger partial charge in [-0.3, -0.25) is 9.59 Å². The summed E-state index contributed by atoms with van der Waals surface area (Å²) in [6.45, 7) is 9.76. The second-order valence-electron chi connectivity index (χ2n) is 6.67. The summed E-state index contributed by atoms with van der Waals surface area (Å²) in [5, 5.41) is 0. The minimum Gasteiger partial charge on any atom is -0.341 e. The summed E-state index contributed by atoms with van der Waals surface area (Å²) in [6.07, 6.45) is 3.82. The Balaban J connectivity index is 2.43. The number of amides is 2. The third kappa shape index (κ3) is 6.04. The smallest absolute Gasteiger partial charge is 0.222 e. The second-order valence-corrected chi connectivity index (χ2v) is 6.67. The normalized spacial score (nSPS) is 16.8. The molecule has 1 saturated heterocycles. The van der Waals surface area contributed by atoms with Gasteiger partial charge in [0, 0.05) is 39.0 Å². The molecule has 1 fully saturated rings. The zero-order chi connectivity index (χ0) is 15.9. The standard InChI is InChI=1S/C16H31N3O2/c1-4-14(20)18-10-5-11-19(13-12-18)15(21)6-7-16(2,3)8-9-17/h4-13,17H2,1-3H3. The lowest BCUT2D eigenvalue weighted by molar-refractivity contribution is -0.133. The lowest BCUT2D eigenvalue weighted by atomic mass is 9.84. The van der Waals surface area contributed by atoms with Crippen LogP contribution in [-0.2, 0) is 9.59 Å². The van der Waals surface area contributed by atoms with Crippen LogP contribution in [0.5, 0.6) is 0 Å². The van der Waals surface area contributed by atoms with E-state index in [1.54, 1.807) is 0 Å². The molecule has 2 amide bonds. The summed E-state index contributed by atoms with van der Waals surface area (Å²) in [5.74, 6) is 0.402. The first-order valence-corrected chi connectivity index (χ1v) is 8.15. The minimum absolute atomic E-state index is 0.125. The van der Waals surface area contributed by atoms with Crippen molar-refractivity contribution >= 4 is 11.8 Å². The zero-order valence-electron chi connectivity index (χ0n) is 13.9. The Labute approximate surface area is 128 Å². The van der Waals surface area contributed by atoms with E-state index in [-0.39, 0.29) is 17.2 Å². The van der Waals surface area contributed by atoms with Gasteiger partial charge in [0.1, 0.15) is 0 Å². The van der Waals surface area contributed by atoms with Crippen molar-refractivity contribution in [3.05, 3.63) is 0 Å². The van der Waals surface area contributed by atoms with Crippen molar-refractivity contribution in [3.63, 3.8) is 0 Å². The highest BCUT2D eigenvalue weighted by atomic mass is 16.2. The molecule has 1 aliphatic rings. The Morgan fingerprint density at radius 2 is 1.57 bits per heavy atom. The molecule has 0 spiro atoms. The van der Waals surface area contributed by atoms with Crippen LogP contribution in [0.2, 0.25) is 0 Å². The average Bonchev–Trinajstić information content (AvgIpc) is 2.70. The predicted octanol–water partition coefficient (Wildman–Crippen LogP) is 1.61. The number of rotatable bonds is 6. The van der Waals surface area contributed by atoms with Crippen molar-refractivity contribution in [2.24, 2.45) is 11.1 Å². The lowest BCUT2D eigenvalue weighted by Gasteiger charge is -2.26. The van der Waals surface area contributed by atoms with E-state index < -0.39 is 0 Å². The monoisotopic (exact) mass is 297 g/mol. The molecule has 0 unspecified atom stereocenters. The van der Waals surface area contributed by atoms with Crippen molar-refractivity contribution in [3.8, 4) is 0 Å². The molecular formula is C16H31N3O2. The first-order valence-electron chi connectivity index (χ1n) is 8.15. The van der Waals surface area contributed by atoms with Crippen LogP contribution in [0.4, 0.5) is 0 Å². The summed E-state index contributed by atoms with van der Waals surface area (Å²) < 4.78 is 0. The van der Waals surface area contributed by atoms with Gasteiger partial charge in [-0.1, -0.05) is 20.8 Å². The molecule has 0 saturated carbocycles. The Morgan fingerprint density at radius 1 is 1.00 bits per heavy atom. The van der Waals surface area contributed by atoms with Crippen LogP contribution in [0.25, 0.3) is 0 Å². The molecule has 5 nitrogen and oxygen atoms in total. The van der Waals surface area contributed by atoms with Crippen LogP contribution >= 0.6 is 0 Å². The quantitative estimate of drug-likeness (QED) is 0.810. The van der Waals surface area contributed by atoms with Crippen LogP contribution in [0.3, 0.4) is 0 Å². The molecule has 2 N–H and O–H groups in total. The highest BCUT2D eigenvalue weighted by Gasteiger charge is 2.23. The predicted molar refractivity (Wildman–Crippen MR) is 84.8 cm³/mol. The minimum atomic E-state index is 0.125. The fourth-order valence-corrected chi connectivity index (χ4v) is 2.76. The molecule has 0 atom stereocenters. The van der Waals surface area contributed by atoms with Crippen LogP contribution in [-0.4, -0.2) is 54.3 Å². The largest absolute Gasteiger partial charge is 0.341 e. The maximum absolute atomic E-state index is 12.3. The summed E-state index contributed by atoms with van der Waals surface area (Å²) in [6, 6.07) is 0. The third-order valence-electron chi connectivity index (χ3n) is 4.34. The van der Waals surface area contributed by atoms with Gasteiger partial charge in [-0.25, -0.2) is 0 Å². The van der Waals surface area contributed by atoms with Gasteiger partial charge in [0.15, 0.2) is 0 Å². The maximum atomic E-state index is 12.3. The van der Waals surface area contributed by atoms with Gasteiger partial charge in [0.2, 0.25) is 11.8 Å². The molecule has 122 valence electrons. The van der Waals surface area contributed by atoms with Crippen molar-refractivity contribution < 1.29 is 9.59 Å². The Bertz CT molecular complexity index is 355. The molecule has 0 aliphatic carbocycles. The first kappa shape index (κ1) is 18.0. The number of nitrogens with zero attached hydrogens (tertiary/aromatic N) is 2. The number of carbonyl (C=O) groups is 2. The van der Waals surface area contributed by atoms with Crippen LogP contribution in [0.15, 0.2) is 0 Å². The fraction of sp³-hybridized carbons (Fsp3) is 0.875. The Kier molecular flexibility index (Phi) is 7.15. The van der Waals surface area contributed by atoms with Crippen molar-refractivity contribution in [2.75, 3.05) is 32.7 Å². The van der Waals surface area contributed by atoms with Gasteiger partial charge in [-0.15, -0.1) is 0 Å². The molecule has 1 heterocycles. The van der Waals surface area contributed by atoms with E-state index in [0.29, 0.717) is 32.5 Å². The third-order valence-corrected chi connectivity index (χ3v) is 4.34. The van der Waals surface area contributed by atoms with Crippen molar-refractivity contribution in [2.45, 2.75) is 52.9 Å². The SMILES string of the molecule is CCC(=O)N1CCCN(C(=O)CCC(C)(C)CCN)CC1. The average molecular weight is 297 g/mol. The van der Waals surface area contributed by atoms with E-state index in [9.17, 15) is 9.59 Å². The number of hydrogen-bond donors (Lipinski definition) is 1. The van der Waals surface area contributed by atoms with Gasteiger partial charge >= 0.3 is 0 Å². The molecular weight excluding hydrogens is 266 g/mol. The summed E-state index contributed by atoms with van der Waals surface area (Å²) in [7, 11) is 0. The van der Waals surface area contributed by atoms with Gasteiger partial charge in [-0.2, -0.15) is 0 Å². The topological polar surface area (TPSA) is 66.6 Å². The van der Waals surface area contributed by atoms with Crippen LogP contribution < -0.4 is 5.73 Å². The molecule has 0 aromatic rings. The second kappa shape index (κ2) is 8.37. The lowest BCUT2D eigenvalue weighted by Crippen LogP contribution is -2.37. The Morgan fingerprint density at radius 3 is 2.10 bits per heavy atom.